The Morgan fingerprint density at radius 1 is 1.03 bits per heavy atom. The Balaban J connectivity index is 1.61. The van der Waals surface area contributed by atoms with E-state index in [1.165, 1.54) is 29.6 Å². The van der Waals surface area contributed by atoms with Crippen molar-refractivity contribution >= 4 is 17.7 Å². The van der Waals surface area contributed by atoms with Crippen LogP contribution >= 0.6 is 0 Å². The third-order valence-corrected chi connectivity index (χ3v) is 5.42. The molecule has 0 aliphatic carbocycles. The number of hydrogen-bond acceptors (Lipinski definition) is 7. The van der Waals surface area contributed by atoms with E-state index in [0.717, 1.165) is 11.1 Å². The van der Waals surface area contributed by atoms with Gasteiger partial charge in [0, 0.05) is 18.6 Å². The van der Waals surface area contributed by atoms with Gasteiger partial charge in [-0.1, -0.05) is 60.7 Å². The molecule has 0 saturated carbocycles. The first kappa shape index (κ1) is 22.9. The van der Waals surface area contributed by atoms with Crippen LogP contribution in [0.2, 0.25) is 0 Å². The predicted octanol–water partition coefficient (Wildman–Crippen LogP) is 4.21. The fraction of sp³-hybridized carbons (Fsp3) is 0.154. The van der Waals surface area contributed by atoms with Crippen molar-refractivity contribution < 1.29 is 19.6 Å². The van der Waals surface area contributed by atoms with Gasteiger partial charge in [0.1, 0.15) is 6.10 Å². The fourth-order valence-electron chi connectivity index (χ4n) is 3.60. The molecule has 0 amide bonds. The number of carbonyl (C=O) groups excluding carboxylic acids is 1. The van der Waals surface area contributed by atoms with E-state index >= 15 is 0 Å². The minimum absolute atomic E-state index is 0.0163. The third kappa shape index (κ3) is 5.36. The number of hydrogen-bond donors (Lipinski definition) is 1. The van der Waals surface area contributed by atoms with E-state index in [4.69, 9.17) is 4.74 Å². The molecule has 0 aromatic heterocycles. The highest BCUT2D eigenvalue weighted by molar-refractivity contribution is 5.94. The number of benzene rings is 3. The Bertz CT molecular complexity index is 1150. The Hall–Kier alpha value is -4.30. The van der Waals surface area contributed by atoms with E-state index in [2.05, 4.69) is 5.10 Å². The molecule has 0 bridgehead atoms. The zero-order chi connectivity index (χ0) is 23.9. The molecule has 1 atom stereocenters. The number of nitro groups is 1. The minimum Gasteiger partial charge on any atom is -0.476 e. The van der Waals surface area contributed by atoms with Gasteiger partial charge in [-0.15, -0.1) is 0 Å². The summed E-state index contributed by atoms with van der Waals surface area (Å²) in [6.45, 7) is -0.270. The lowest BCUT2D eigenvalue weighted by Gasteiger charge is -2.31. The summed E-state index contributed by atoms with van der Waals surface area (Å²) < 4.78 is 6.23. The summed E-state index contributed by atoms with van der Waals surface area (Å²) >= 11 is 0. The fourth-order valence-corrected chi connectivity index (χ4v) is 3.60. The Morgan fingerprint density at radius 3 is 2.15 bits per heavy atom. The standard InChI is InChI=1S/C26H23N3O5/c30-18-23-15-24(31)25(17-28(23)27-16-19-11-13-22(14-12-19)29(32)33)34-26(20-7-3-1-4-8-20)21-9-5-2-6-10-21/h1-14,16-17,23,26,30H,15,18H2. The van der Waals surface area contributed by atoms with Crippen molar-refractivity contribution in [3.8, 4) is 0 Å². The van der Waals surface area contributed by atoms with Gasteiger partial charge in [0.2, 0.25) is 5.78 Å². The lowest BCUT2D eigenvalue weighted by atomic mass is 10.0. The number of aliphatic hydroxyl groups is 1. The van der Waals surface area contributed by atoms with Gasteiger partial charge in [-0.05, 0) is 28.8 Å². The molecular formula is C26H23N3O5. The van der Waals surface area contributed by atoms with Crippen molar-refractivity contribution in [3.05, 3.63) is 124 Å². The van der Waals surface area contributed by atoms with E-state index in [9.17, 15) is 20.0 Å². The van der Waals surface area contributed by atoms with E-state index < -0.39 is 17.1 Å². The van der Waals surface area contributed by atoms with E-state index in [1.54, 1.807) is 12.1 Å². The smallest absolute Gasteiger partial charge is 0.269 e. The minimum atomic E-state index is -0.541. The second kappa shape index (κ2) is 10.5. The number of nitro benzene ring substituents is 1. The van der Waals surface area contributed by atoms with Crippen LogP contribution in [0.3, 0.4) is 0 Å². The Morgan fingerprint density at radius 2 is 1.62 bits per heavy atom. The molecule has 34 heavy (non-hydrogen) atoms. The topological polar surface area (TPSA) is 105 Å². The average molecular weight is 457 g/mol. The maximum atomic E-state index is 12.8. The number of non-ortho nitro benzene ring substituents is 1. The molecule has 3 aromatic carbocycles. The monoisotopic (exact) mass is 457 g/mol. The summed E-state index contributed by atoms with van der Waals surface area (Å²) in [7, 11) is 0. The van der Waals surface area contributed by atoms with Gasteiger partial charge in [0.25, 0.3) is 5.69 Å². The van der Waals surface area contributed by atoms with E-state index in [-0.39, 0.29) is 30.3 Å². The van der Waals surface area contributed by atoms with Gasteiger partial charge < -0.3 is 9.84 Å². The van der Waals surface area contributed by atoms with Crippen molar-refractivity contribution in [1.29, 1.82) is 0 Å². The maximum Gasteiger partial charge on any atom is 0.269 e. The lowest BCUT2D eigenvalue weighted by Crippen LogP contribution is -2.37. The number of ketones is 1. The molecule has 1 aliphatic heterocycles. The SMILES string of the molecule is O=C1CC(CO)N(N=Cc2ccc([N+](=O)[O-])cc2)C=C1OC(c1ccccc1)c1ccccc1. The summed E-state index contributed by atoms with van der Waals surface area (Å²) in [4.78, 5) is 23.2. The van der Waals surface area contributed by atoms with Crippen LogP contribution in [0, 0.1) is 10.1 Å². The number of carbonyl (C=O) groups is 1. The van der Waals surface area contributed by atoms with Crippen LogP contribution in [0.4, 0.5) is 5.69 Å². The quantitative estimate of drug-likeness (QED) is 0.309. The number of ether oxygens (including phenoxy) is 1. The highest BCUT2D eigenvalue weighted by Gasteiger charge is 2.30. The van der Waals surface area contributed by atoms with Crippen molar-refractivity contribution in [1.82, 2.24) is 5.01 Å². The first-order valence-electron chi connectivity index (χ1n) is 10.7. The molecule has 1 aliphatic rings. The van der Waals surface area contributed by atoms with Gasteiger partial charge in [-0.25, -0.2) is 0 Å². The number of Topliss-reactive ketones (excluding diaryl/α,β-unsaturated/α-hetero) is 1. The van der Waals surface area contributed by atoms with E-state index in [0.29, 0.717) is 5.56 Å². The molecule has 1 unspecified atom stereocenters. The van der Waals surface area contributed by atoms with Crippen LogP contribution in [-0.4, -0.2) is 39.7 Å². The zero-order valence-corrected chi connectivity index (χ0v) is 18.2. The number of hydrazone groups is 1. The normalized spacial score (nSPS) is 16.1. The van der Waals surface area contributed by atoms with Crippen LogP contribution in [0.1, 0.15) is 29.2 Å². The Kier molecular flexibility index (Phi) is 7.10. The summed E-state index contributed by atoms with van der Waals surface area (Å²) in [5.41, 5.74) is 2.42. The lowest BCUT2D eigenvalue weighted by molar-refractivity contribution is -0.384. The summed E-state index contributed by atoms with van der Waals surface area (Å²) in [5.74, 6) is -0.0825. The molecule has 8 heteroatoms. The molecule has 8 nitrogen and oxygen atoms in total. The molecule has 0 radical (unpaired) electrons. The maximum absolute atomic E-state index is 12.8. The largest absolute Gasteiger partial charge is 0.476 e. The van der Waals surface area contributed by atoms with Crippen LogP contribution in [0.25, 0.3) is 0 Å². The number of nitrogens with zero attached hydrogens (tertiary/aromatic N) is 3. The molecule has 4 rings (SSSR count). The first-order valence-corrected chi connectivity index (χ1v) is 10.7. The zero-order valence-electron chi connectivity index (χ0n) is 18.2. The Labute approximate surface area is 196 Å². The van der Waals surface area contributed by atoms with Crippen molar-refractivity contribution in [2.45, 2.75) is 18.6 Å². The van der Waals surface area contributed by atoms with Gasteiger partial charge in [0.15, 0.2) is 5.76 Å². The molecule has 0 saturated heterocycles. The number of allylic oxidation sites excluding steroid dienone is 1. The summed E-state index contributed by atoms with van der Waals surface area (Å²) in [6, 6.07) is 24.6. The summed E-state index contributed by atoms with van der Waals surface area (Å²) in [6.07, 6.45) is 2.55. The van der Waals surface area contributed by atoms with Crippen molar-refractivity contribution in [3.63, 3.8) is 0 Å². The molecule has 1 heterocycles. The number of aliphatic hydroxyl groups excluding tert-OH is 1. The van der Waals surface area contributed by atoms with Crippen molar-refractivity contribution in [2.24, 2.45) is 5.10 Å². The number of rotatable bonds is 8. The van der Waals surface area contributed by atoms with Crippen LogP contribution < -0.4 is 0 Å². The van der Waals surface area contributed by atoms with Gasteiger partial charge in [-0.2, -0.15) is 5.10 Å². The molecule has 0 spiro atoms. The van der Waals surface area contributed by atoms with Crippen LogP contribution in [-0.2, 0) is 9.53 Å². The van der Waals surface area contributed by atoms with Crippen LogP contribution in [0.5, 0.6) is 0 Å². The average Bonchev–Trinajstić information content (AvgIpc) is 2.88. The summed E-state index contributed by atoms with van der Waals surface area (Å²) in [5, 5.41) is 26.5. The van der Waals surface area contributed by atoms with Crippen LogP contribution in [0.15, 0.2) is 102 Å². The highest BCUT2D eigenvalue weighted by Crippen LogP contribution is 2.31. The molecule has 3 aromatic rings. The molecular weight excluding hydrogens is 434 g/mol. The first-order chi connectivity index (χ1) is 16.5. The molecule has 172 valence electrons. The van der Waals surface area contributed by atoms with Gasteiger partial charge in [0.05, 0.1) is 30.0 Å². The van der Waals surface area contributed by atoms with Gasteiger partial charge in [-0.3, -0.25) is 19.9 Å². The third-order valence-electron chi connectivity index (χ3n) is 5.42. The second-order valence-corrected chi connectivity index (χ2v) is 7.75. The molecule has 1 N–H and O–H groups in total. The second-order valence-electron chi connectivity index (χ2n) is 7.75. The van der Waals surface area contributed by atoms with Crippen molar-refractivity contribution in [2.75, 3.05) is 6.61 Å². The highest BCUT2D eigenvalue weighted by atomic mass is 16.6. The van der Waals surface area contributed by atoms with E-state index in [1.807, 2.05) is 60.7 Å². The molecule has 0 fully saturated rings. The van der Waals surface area contributed by atoms with Gasteiger partial charge >= 0.3 is 0 Å². The predicted molar refractivity (Wildman–Crippen MR) is 127 cm³/mol.